The maximum absolute atomic E-state index is 4.72. The van der Waals surface area contributed by atoms with Crippen molar-refractivity contribution in [2.24, 2.45) is 0 Å². The smallest absolute Gasteiger partial charge is 0.144 e. The lowest BCUT2D eigenvalue weighted by atomic mass is 10.2. The van der Waals surface area contributed by atoms with Gasteiger partial charge in [-0.05, 0) is 18.6 Å². The third-order valence-electron chi connectivity index (χ3n) is 3.72. The van der Waals surface area contributed by atoms with Crippen LogP contribution in [0.3, 0.4) is 0 Å². The third kappa shape index (κ3) is 1.58. The first kappa shape index (κ1) is 11.3. The SMILES string of the molecule is CCc1nc2ccccn2c1-n1cc2c(c1)NCC=C2. The van der Waals surface area contributed by atoms with Gasteiger partial charge in [-0.1, -0.05) is 25.1 Å². The molecule has 1 N–H and O–H groups in total. The number of imidazole rings is 1. The lowest BCUT2D eigenvalue weighted by molar-refractivity contribution is 0.938. The van der Waals surface area contributed by atoms with E-state index in [1.165, 1.54) is 11.3 Å². The van der Waals surface area contributed by atoms with Gasteiger partial charge >= 0.3 is 0 Å². The molecule has 3 aromatic heterocycles. The van der Waals surface area contributed by atoms with Crippen molar-refractivity contribution in [3.05, 3.63) is 54.1 Å². The van der Waals surface area contributed by atoms with Crippen molar-refractivity contribution in [1.29, 1.82) is 0 Å². The summed E-state index contributed by atoms with van der Waals surface area (Å²) in [5.41, 5.74) is 4.52. The van der Waals surface area contributed by atoms with E-state index < -0.39 is 0 Å². The van der Waals surface area contributed by atoms with Gasteiger partial charge in [-0.2, -0.15) is 0 Å². The van der Waals surface area contributed by atoms with Crippen molar-refractivity contribution in [3.63, 3.8) is 0 Å². The number of nitrogens with zero attached hydrogens (tertiary/aromatic N) is 3. The molecule has 0 saturated carbocycles. The van der Waals surface area contributed by atoms with Gasteiger partial charge in [-0.25, -0.2) is 4.98 Å². The molecule has 1 aliphatic rings. The minimum atomic E-state index is 0.894. The maximum atomic E-state index is 4.72. The van der Waals surface area contributed by atoms with Crippen molar-refractivity contribution in [2.45, 2.75) is 13.3 Å². The van der Waals surface area contributed by atoms with Crippen LogP contribution in [0.4, 0.5) is 5.69 Å². The van der Waals surface area contributed by atoms with E-state index in [0.717, 1.165) is 30.1 Å². The topological polar surface area (TPSA) is 34.3 Å². The van der Waals surface area contributed by atoms with Crippen molar-refractivity contribution < 1.29 is 0 Å². The maximum Gasteiger partial charge on any atom is 0.144 e. The highest BCUT2D eigenvalue weighted by atomic mass is 15.2. The quantitative estimate of drug-likeness (QED) is 0.771. The number of rotatable bonds is 2. The molecule has 20 heavy (non-hydrogen) atoms. The summed E-state index contributed by atoms with van der Waals surface area (Å²) in [5.74, 6) is 1.13. The summed E-state index contributed by atoms with van der Waals surface area (Å²) in [4.78, 5) is 4.72. The number of fused-ring (bicyclic) bond motifs is 2. The van der Waals surface area contributed by atoms with Gasteiger partial charge in [0.2, 0.25) is 0 Å². The second-order valence-corrected chi connectivity index (χ2v) is 4.98. The summed E-state index contributed by atoms with van der Waals surface area (Å²) < 4.78 is 4.32. The molecule has 1 aliphatic heterocycles. The molecule has 0 unspecified atom stereocenters. The fraction of sp³-hybridized carbons (Fsp3) is 0.188. The molecule has 4 nitrogen and oxygen atoms in total. The van der Waals surface area contributed by atoms with Crippen LogP contribution in [0.2, 0.25) is 0 Å². The molecule has 0 fully saturated rings. The Morgan fingerprint density at radius 1 is 1.30 bits per heavy atom. The van der Waals surface area contributed by atoms with Crippen LogP contribution in [0.5, 0.6) is 0 Å². The largest absolute Gasteiger partial charge is 0.380 e. The van der Waals surface area contributed by atoms with E-state index in [0.29, 0.717) is 0 Å². The predicted molar refractivity (Wildman–Crippen MR) is 81.4 cm³/mol. The Morgan fingerprint density at radius 3 is 3.10 bits per heavy atom. The number of pyridine rings is 1. The highest BCUT2D eigenvalue weighted by Crippen LogP contribution is 2.26. The molecular formula is C16H16N4. The van der Waals surface area contributed by atoms with E-state index in [4.69, 9.17) is 4.98 Å². The molecule has 100 valence electrons. The monoisotopic (exact) mass is 264 g/mol. The van der Waals surface area contributed by atoms with Crippen LogP contribution in [0.1, 0.15) is 18.2 Å². The van der Waals surface area contributed by atoms with Gasteiger partial charge in [0, 0.05) is 30.7 Å². The van der Waals surface area contributed by atoms with Gasteiger partial charge in [-0.3, -0.25) is 4.40 Å². The summed E-state index contributed by atoms with van der Waals surface area (Å²) >= 11 is 0. The number of hydrogen-bond donors (Lipinski definition) is 1. The zero-order chi connectivity index (χ0) is 13.5. The lowest BCUT2D eigenvalue weighted by Gasteiger charge is -2.06. The molecule has 4 heteroatoms. The predicted octanol–water partition coefficient (Wildman–Crippen LogP) is 3.13. The average Bonchev–Trinajstić information content (AvgIpc) is 3.07. The molecule has 3 aromatic rings. The fourth-order valence-electron chi connectivity index (χ4n) is 2.77. The first-order valence-electron chi connectivity index (χ1n) is 6.95. The molecule has 0 spiro atoms. The molecule has 0 aliphatic carbocycles. The minimum absolute atomic E-state index is 0.894. The first-order chi connectivity index (χ1) is 9.86. The second kappa shape index (κ2) is 4.27. The highest BCUT2D eigenvalue weighted by molar-refractivity contribution is 5.70. The average molecular weight is 264 g/mol. The van der Waals surface area contributed by atoms with Crippen LogP contribution in [0, 0.1) is 0 Å². The summed E-state index contributed by atoms with van der Waals surface area (Å²) in [6, 6.07) is 6.11. The molecule has 0 saturated heterocycles. The van der Waals surface area contributed by atoms with E-state index in [9.17, 15) is 0 Å². The van der Waals surface area contributed by atoms with Gasteiger partial charge in [0.15, 0.2) is 0 Å². The standard InChI is InChI=1S/C16H16N4/c1-2-13-16(20-9-4-3-7-15(20)18-13)19-10-12-6-5-8-17-14(12)11-19/h3-7,9-11,17H,2,8H2,1H3. The van der Waals surface area contributed by atoms with Gasteiger partial charge in [0.05, 0.1) is 11.4 Å². The van der Waals surface area contributed by atoms with E-state index >= 15 is 0 Å². The number of nitrogens with one attached hydrogen (secondary N) is 1. The van der Waals surface area contributed by atoms with Gasteiger partial charge in [0.1, 0.15) is 11.5 Å². The summed E-state index contributed by atoms with van der Waals surface area (Å²) in [6.07, 6.45) is 11.6. The van der Waals surface area contributed by atoms with Gasteiger partial charge in [-0.15, -0.1) is 0 Å². The number of aryl methyl sites for hydroxylation is 1. The number of anilines is 1. The van der Waals surface area contributed by atoms with Crippen LogP contribution in [0.25, 0.3) is 17.5 Å². The molecular weight excluding hydrogens is 248 g/mol. The summed E-state index contributed by atoms with van der Waals surface area (Å²) in [5, 5.41) is 3.39. The van der Waals surface area contributed by atoms with E-state index in [2.05, 4.69) is 52.0 Å². The zero-order valence-corrected chi connectivity index (χ0v) is 11.4. The Hall–Kier alpha value is -2.49. The molecule has 4 rings (SSSR count). The zero-order valence-electron chi connectivity index (χ0n) is 11.4. The molecule has 0 aromatic carbocycles. The highest BCUT2D eigenvalue weighted by Gasteiger charge is 2.15. The summed E-state index contributed by atoms with van der Waals surface area (Å²) in [6.45, 7) is 3.04. The Labute approximate surface area is 117 Å². The fourth-order valence-corrected chi connectivity index (χ4v) is 2.77. The normalized spacial score (nSPS) is 13.4. The van der Waals surface area contributed by atoms with E-state index in [-0.39, 0.29) is 0 Å². The van der Waals surface area contributed by atoms with Gasteiger partial charge in [0.25, 0.3) is 0 Å². The first-order valence-corrected chi connectivity index (χ1v) is 6.95. The Bertz CT molecular complexity index is 807. The molecule has 4 heterocycles. The van der Waals surface area contributed by atoms with Crippen molar-refractivity contribution >= 4 is 17.4 Å². The minimum Gasteiger partial charge on any atom is -0.380 e. The molecule has 0 atom stereocenters. The van der Waals surface area contributed by atoms with E-state index in [1.54, 1.807) is 0 Å². The van der Waals surface area contributed by atoms with Crippen LogP contribution in [-0.4, -0.2) is 20.5 Å². The van der Waals surface area contributed by atoms with Crippen molar-refractivity contribution in [3.8, 4) is 5.82 Å². The van der Waals surface area contributed by atoms with Gasteiger partial charge < -0.3 is 9.88 Å². The van der Waals surface area contributed by atoms with Crippen molar-refractivity contribution in [2.75, 3.05) is 11.9 Å². The third-order valence-corrected chi connectivity index (χ3v) is 3.72. The Kier molecular flexibility index (Phi) is 2.42. The molecule has 0 radical (unpaired) electrons. The van der Waals surface area contributed by atoms with Crippen LogP contribution >= 0.6 is 0 Å². The van der Waals surface area contributed by atoms with Crippen LogP contribution < -0.4 is 5.32 Å². The molecule has 0 bridgehead atoms. The molecule has 0 amide bonds. The van der Waals surface area contributed by atoms with E-state index in [1.807, 2.05) is 18.2 Å². The Balaban J connectivity index is 1.97. The van der Waals surface area contributed by atoms with Crippen molar-refractivity contribution in [1.82, 2.24) is 14.0 Å². The lowest BCUT2D eigenvalue weighted by Crippen LogP contribution is -2.01. The number of hydrogen-bond acceptors (Lipinski definition) is 2. The Morgan fingerprint density at radius 2 is 2.25 bits per heavy atom. The second-order valence-electron chi connectivity index (χ2n) is 4.98. The van der Waals surface area contributed by atoms with Crippen LogP contribution in [0.15, 0.2) is 42.9 Å². The number of aromatic nitrogens is 3. The summed E-state index contributed by atoms with van der Waals surface area (Å²) in [7, 11) is 0. The van der Waals surface area contributed by atoms with Crippen LogP contribution in [-0.2, 0) is 6.42 Å².